The summed E-state index contributed by atoms with van der Waals surface area (Å²) in [7, 11) is 0. The number of carboxylic acid groups (broad SMARTS) is 2. The van der Waals surface area contributed by atoms with E-state index < -0.39 is 11.9 Å². The van der Waals surface area contributed by atoms with Gasteiger partial charge >= 0.3 is 11.9 Å². The number of hydrogen-bond donors (Lipinski definition) is 2. The molecule has 1 aromatic carbocycles. The number of hydrogen-bond acceptors (Lipinski definition) is 2. The van der Waals surface area contributed by atoms with Crippen molar-refractivity contribution in [2.45, 2.75) is 142 Å². The number of aromatic carboxylic acids is 2. The molecule has 1 aromatic rings. The zero-order valence-electron chi connectivity index (χ0n) is 22.0. The molecule has 0 amide bonds. The van der Waals surface area contributed by atoms with Crippen molar-refractivity contribution in [2.24, 2.45) is 0 Å². The molecule has 0 heterocycles. The van der Waals surface area contributed by atoms with Crippen LogP contribution in [0.15, 0.2) is 12.1 Å². The van der Waals surface area contributed by atoms with Crippen LogP contribution in [0.1, 0.15) is 161 Å². The van der Waals surface area contributed by atoms with Crippen LogP contribution in [0.3, 0.4) is 0 Å². The van der Waals surface area contributed by atoms with Crippen LogP contribution in [-0.4, -0.2) is 22.2 Å². The number of benzene rings is 1. The zero-order chi connectivity index (χ0) is 25.0. The van der Waals surface area contributed by atoms with Crippen LogP contribution in [0, 0.1) is 0 Å². The van der Waals surface area contributed by atoms with Crippen molar-refractivity contribution < 1.29 is 19.8 Å². The summed E-state index contributed by atoms with van der Waals surface area (Å²) in [6, 6.07) is 3.36. The molecule has 4 heteroatoms. The van der Waals surface area contributed by atoms with Crippen LogP contribution < -0.4 is 0 Å². The lowest BCUT2D eigenvalue weighted by molar-refractivity contribution is 0.0650. The number of aryl methyl sites for hydroxylation is 1. The van der Waals surface area contributed by atoms with Crippen molar-refractivity contribution in [3.8, 4) is 0 Å². The van der Waals surface area contributed by atoms with Crippen LogP contribution >= 0.6 is 0 Å². The molecule has 0 saturated carbocycles. The molecule has 0 aliphatic heterocycles. The number of carboxylic acids is 2. The molecule has 0 spiro atoms. The van der Waals surface area contributed by atoms with Gasteiger partial charge in [-0.3, -0.25) is 0 Å². The molecule has 0 saturated heterocycles. The molecular weight excluding hydrogens is 424 g/mol. The molecular formula is C30H50O4. The Bertz CT molecular complexity index is 695. The third-order valence-corrected chi connectivity index (χ3v) is 6.93. The first-order valence-corrected chi connectivity index (χ1v) is 14.1. The lowest BCUT2D eigenvalue weighted by Crippen LogP contribution is -2.14. The van der Waals surface area contributed by atoms with Gasteiger partial charge in [0.05, 0.1) is 11.1 Å². The fraction of sp³-hybridized carbons (Fsp3) is 0.733. The summed E-state index contributed by atoms with van der Waals surface area (Å²) < 4.78 is 0. The summed E-state index contributed by atoms with van der Waals surface area (Å²) in [5.41, 5.74) is 1.73. The van der Waals surface area contributed by atoms with Crippen LogP contribution in [-0.2, 0) is 12.8 Å². The highest BCUT2D eigenvalue weighted by atomic mass is 16.4. The molecule has 1 rings (SSSR count). The van der Waals surface area contributed by atoms with E-state index in [1.807, 2.05) is 6.07 Å². The lowest BCUT2D eigenvalue weighted by Gasteiger charge is -2.15. The predicted octanol–water partition coefficient (Wildman–Crippen LogP) is 9.23. The first kappa shape index (κ1) is 30.2. The molecule has 0 atom stereocenters. The Morgan fingerprint density at radius 3 is 1.38 bits per heavy atom. The summed E-state index contributed by atoms with van der Waals surface area (Å²) in [5.74, 6) is -2.27. The second kappa shape index (κ2) is 19.5. The van der Waals surface area contributed by atoms with Crippen molar-refractivity contribution >= 4 is 11.9 Å². The van der Waals surface area contributed by atoms with Gasteiger partial charge in [0.15, 0.2) is 0 Å². The Hall–Kier alpha value is -1.84. The molecule has 194 valence electrons. The van der Waals surface area contributed by atoms with Gasteiger partial charge in [-0.2, -0.15) is 0 Å². The van der Waals surface area contributed by atoms with Crippen LogP contribution in [0.25, 0.3) is 0 Å². The monoisotopic (exact) mass is 474 g/mol. The Labute approximate surface area is 208 Å². The Morgan fingerprint density at radius 2 is 0.971 bits per heavy atom. The van der Waals surface area contributed by atoms with Crippen molar-refractivity contribution in [1.82, 2.24) is 0 Å². The highest BCUT2D eigenvalue weighted by molar-refractivity contribution is 6.03. The van der Waals surface area contributed by atoms with E-state index in [1.54, 1.807) is 0 Å². The zero-order valence-corrected chi connectivity index (χ0v) is 22.0. The maximum atomic E-state index is 12.0. The SMILES string of the molecule is CCCCCCCCCCCCc1c(CCCCCCCCCC)ccc(C(=O)O)c1C(=O)O. The topological polar surface area (TPSA) is 74.6 Å². The van der Waals surface area contributed by atoms with E-state index in [0.717, 1.165) is 43.2 Å². The Morgan fingerprint density at radius 1 is 0.559 bits per heavy atom. The summed E-state index contributed by atoms with van der Waals surface area (Å²) in [4.78, 5) is 23.7. The minimum Gasteiger partial charge on any atom is -0.478 e. The van der Waals surface area contributed by atoms with Crippen LogP contribution in [0.5, 0.6) is 0 Å². The van der Waals surface area contributed by atoms with Gasteiger partial charge in [-0.25, -0.2) is 9.59 Å². The molecule has 0 bridgehead atoms. The second-order valence-electron chi connectivity index (χ2n) is 9.89. The Balaban J connectivity index is 2.60. The summed E-state index contributed by atoms with van der Waals surface area (Å²) in [6.45, 7) is 4.47. The van der Waals surface area contributed by atoms with E-state index in [9.17, 15) is 19.8 Å². The van der Waals surface area contributed by atoms with Crippen molar-refractivity contribution in [1.29, 1.82) is 0 Å². The fourth-order valence-electron chi connectivity index (χ4n) is 4.87. The summed E-state index contributed by atoms with van der Waals surface area (Å²) in [5, 5.41) is 19.4. The molecule has 4 nitrogen and oxygen atoms in total. The van der Waals surface area contributed by atoms with E-state index in [2.05, 4.69) is 13.8 Å². The van der Waals surface area contributed by atoms with Gasteiger partial charge in [-0.05, 0) is 42.9 Å². The molecule has 0 aromatic heterocycles. The summed E-state index contributed by atoms with van der Waals surface area (Å²) in [6.07, 6.45) is 23.6. The molecule has 0 unspecified atom stereocenters. The minimum atomic E-state index is -1.15. The van der Waals surface area contributed by atoms with Crippen LogP contribution in [0.2, 0.25) is 0 Å². The number of carbonyl (C=O) groups is 2. The van der Waals surface area contributed by atoms with E-state index in [4.69, 9.17) is 0 Å². The van der Waals surface area contributed by atoms with Gasteiger partial charge in [0.2, 0.25) is 0 Å². The lowest BCUT2D eigenvalue weighted by atomic mass is 9.89. The average Bonchev–Trinajstić information content (AvgIpc) is 2.81. The minimum absolute atomic E-state index is 0.0143. The maximum absolute atomic E-state index is 12.0. The van der Waals surface area contributed by atoms with E-state index in [0.29, 0.717) is 6.42 Å². The molecule has 0 aliphatic rings. The van der Waals surface area contributed by atoms with E-state index >= 15 is 0 Å². The quantitative estimate of drug-likeness (QED) is 0.164. The average molecular weight is 475 g/mol. The number of rotatable bonds is 22. The van der Waals surface area contributed by atoms with Gasteiger partial charge in [0.1, 0.15) is 0 Å². The molecule has 2 N–H and O–H groups in total. The summed E-state index contributed by atoms with van der Waals surface area (Å²) >= 11 is 0. The van der Waals surface area contributed by atoms with Gasteiger partial charge in [-0.15, -0.1) is 0 Å². The van der Waals surface area contributed by atoms with Crippen molar-refractivity contribution in [2.75, 3.05) is 0 Å². The van der Waals surface area contributed by atoms with Crippen molar-refractivity contribution in [3.05, 3.63) is 34.4 Å². The van der Waals surface area contributed by atoms with E-state index in [1.165, 1.54) is 96.0 Å². The largest absolute Gasteiger partial charge is 0.478 e. The first-order chi connectivity index (χ1) is 16.5. The molecule has 0 fully saturated rings. The van der Waals surface area contributed by atoms with Gasteiger partial charge in [0.25, 0.3) is 0 Å². The third kappa shape index (κ3) is 12.6. The fourth-order valence-corrected chi connectivity index (χ4v) is 4.87. The smallest absolute Gasteiger partial charge is 0.336 e. The highest BCUT2D eigenvalue weighted by Gasteiger charge is 2.22. The van der Waals surface area contributed by atoms with Gasteiger partial charge in [0, 0.05) is 0 Å². The second-order valence-corrected chi connectivity index (χ2v) is 9.89. The number of unbranched alkanes of at least 4 members (excludes halogenated alkanes) is 16. The van der Waals surface area contributed by atoms with Crippen molar-refractivity contribution in [3.63, 3.8) is 0 Å². The standard InChI is InChI=1S/C30H50O4/c1-3-5-7-9-11-13-14-16-18-20-22-26-25(21-19-17-15-12-10-8-6-4-2)23-24-27(29(31)32)28(26)30(33)34/h23-24H,3-22H2,1-2H3,(H,31,32)(H,33,34). The maximum Gasteiger partial charge on any atom is 0.336 e. The van der Waals surface area contributed by atoms with E-state index in [-0.39, 0.29) is 11.1 Å². The predicted molar refractivity (Wildman–Crippen MR) is 142 cm³/mol. The molecule has 0 aliphatic carbocycles. The van der Waals surface area contributed by atoms with Gasteiger partial charge in [-0.1, -0.05) is 123 Å². The molecule has 0 radical (unpaired) electrons. The normalized spacial score (nSPS) is 11.1. The Kier molecular flexibility index (Phi) is 17.3. The van der Waals surface area contributed by atoms with Crippen LogP contribution in [0.4, 0.5) is 0 Å². The first-order valence-electron chi connectivity index (χ1n) is 14.1. The van der Waals surface area contributed by atoms with Gasteiger partial charge < -0.3 is 10.2 Å². The molecule has 34 heavy (non-hydrogen) atoms. The third-order valence-electron chi connectivity index (χ3n) is 6.93. The highest BCUT2D eigenvalue weighted by Crippen LogP contribution is 2.25.